The van der Waals surface area contributed by atoms with Crippen LogP contribution in [0.4, 0.5) is 5.82 Å². The molecule has 0 fully saturated rings. The number of unbranched alkanes of at least 4 members (excludes halogenated alkanes) is 1. The number of aryl methyl sites for hydroxylation is 3. The minimum absolute atomic E-state index is 0.210. The van der Waals surface area contributed by atoms with E-state index in [4.69, 9.17) is 16.6 Å². The molecule has 0 aliphatic rings. The van der Waals surface area contributed by atoms with Crippen molar-refractivity contribution in [3.63, 3.8) is 0 Å². The molecule has 0 unspecified atom stereocenters. The number of nitrogens with one attached hydrogen (secondary N) is 2. The molecule has 9 nitrogen and oxygen atoms in total. The number of rotatable bonds is 7. The summed E-state index contributed by atoms with van der Waals surface area (Å²) in [6, 6.07) is 9.63. The molecule has 0 saturated heterocycles. The van der Waals surface area contributed by atoms with Crippen LogP contribution in [0, 0.1) is 20.8 Å². The first-order chi connectivity index (χ1) is 16.3. The molecule has 2 N–H and O–H groups in total. The number of carbonyl (C=O) groups excluding carboxylic acids is 1. The number of nitrogens with zero attached hydrogens (tertiary/aromatic N) is 5. The summed E-state index contributed by atoms with van der Waals surface area (Å²) < 4.78 is 6.27. The van der Waals surface area contributed by atoms with Gasteiger partial charge in [-0.25, -0.2) is 9.97 Å². The van der Waals surface area contributed by atoms with Crippen LogP contribution in [0.25, 0.3) is 16.7 Å². The number of fused-ring (bicyclic) bond motifs is 3. The van der Waals surface area contributed by atoms with Gasteiger partial charge in [0, 0.05) is 33.0 Å². The standard InChI is InChI=1S/C22H24ClN7O.C2H6O/c1-13-6-9-18-17(12-13)27-20(21-29-28-15(3)30(18)21)24-10-4-5-11-25-22(31)16-8-7-14(2)26-19(16)23;1-3-2/h6-9,12H,4-5,10-11H2,1-3H3,(H,24,27)(H,25,31);1-2H3. The second-order valence-electron chi connectivity index (χ2n) is 7.95. The maximum atomic E-state index is 12.3. The van der Waals surface area contributed by atoms with E-state index in [1.54, 1.807) is 26.4 Å². The van der Waals surface area contributed by atoms with Crippen LogP contribution in [0.1, 0.15) is 40.3 Å². The van der Waals surface area contributed by atoms with Gasteiger partial charge in [0.1, 0.15) is 11.0 Å². The highest BCUT2D eigenvalue weighted by Crippen LogP contribution is 2.22. The molecule has 4 rings (SSSR count). The molecular formula is C24H30ClN7O2. The Morgan fingerprint density at radius 2 is 1.76 bits per heavy atom. The molecule has 0 spiro atoms. The molecule has 3 heterocycles. The summed E-state index contributed by atoms with van der Waals surface area (Å²) in [5, 5.41) is 15.0. The van der Waals surface area contributed by atoms with Crippen molar-refractivity contribution in [3.05, 3.63) is 58.1 Å². The van der Waals surface area contributed by atoms with E-state index in [-0.39, 0.29) is 11.1 Å². The molecule has 34 heavy (non-hydrogen) atoms. The average Bonchev–Trinajstić information content (AvgIpc) is 3.18. The zero-order valence-corrected chi connectivity index (χ0v) is 20.9. The van der Waals surface area contributed by atoms with Crippen molar-refractivity contribution in [2.75, 3.05) is 32.6 Å². The summed E-state index contributed by atoms with van der Waals surface area (Å²) in [6.45, 7) is 7.07. The normalized spacial score (nSPS) is 10.8. The van der Waals surface area contributed by atoms with Gasteiger partial charge in [-0.3, -0.25) is 9.20 Å². The Morgan fingerprint density at radius 3 is 2.50 bits per heavy atom. The molecule has 0 saturated carbocycles. The second kappa shape index (κ2) is 11.7. The molecule has 1 aromatic carbocycles. The fourth-order valence-electron chi connectivity index (χ4n) is 3.45. The first-order valence-electron chi connectivity index (χ1n) is 11.0. The number of amides is 1. The van der Waals surface area contributed by atoms with Gasteiger partial charge in [-0.05, 0) is 63.4 Å². The van der Waals surface area contributed by atoms with Crippen molar-refractivity contribution in [1.82, 2.24) is 29.9 Å². The molecule has 0 radical (unpaired) electrons. The third-order valence-corrected chi connectivity index (χ3v) is 5.34. The minimum atomic E-state index is -0.210. The number of carbonyl (C=O) groups is 1. The molecule has 0 bridgehead atoms. The van der Waals surface area contributed by atoms with Crippen molar-refractivity contribution in [3.8, 4) is 0 Å². The summed E-state index contributed by atoms with van der Waals surface area (Å²) in [6.07, 6.45) is 1.66. The summed E-state index contributed by atoms with van der Waals surface area (Å²) in [5.74, 6) is 1.32. The van der Waals surface area contributed by atoms with Gasteiger partial charge in [0.05, 0.1) is 16.6 Å². The zero-order valence-electron chi connectivity index (χ0n) is 20.1. The third-order valence-electron chi connectivity index (χ3n) is 5.05. The van der Waals surface area contributed by atoms with E-state index >= 15 is 0 Å². The lowest BCUT2D eigenvalue weighted by Crippen LogP contribution is -2.25. The predicted molar refractivity (Wildman–Crippen MR) is 135 cm³/mol. The lowest BCUT2D eigenvalue weighted by molar-refractivity contribution is 0.0953. The fourth-order valence-corrected chi connectivity index (χ4v) is 3.74. The fraction of sp³-hybridized carbons (Fsp3) is 0.375. The van der Waals surface area contributed by atoms with Crippen molar-refractivity contribution >= 4 is 40.0 Å². The van der Waals surface area contributed by atoms with Crippen LogP contribution < -0.4 is 10.6 Å². The smallest absolute Gasteiger partial charge is 0.254 e. The number of pyridine rings is 1. The van der Waals surface area contributed by atoms with Crippen molar-refractivity contribution in [2.24, 2.45) is 0 Å². The first-order valence-corrected chi connectivity index (χ1v) is 11.4. The van der Waals surface area contributed by atoms with Crippen LogP contribution >= 0.6 is 11.6 Å². The van der Waals surface area contributed by atoms with E-state index in [9.17, 15) is 4.79 Å². The van der Waals surface area contributed by atoms with E-state index in [0.29, 0.717) is 30.1 Å². The van der Waals surface area contributed by atoms with E-state index in [2.05, 4.69) is 42.7 Å². The van der Waals surface area contributed by atoms with Crippen molar-refractivity contribution < 1.29 is 9.53 Å². The largest absolute Gasteiger partial charge is 0.388 e. The lowest BCUT2D eigenvalue weighted by Gasteiger charge is -2.10. The number of hydrogen-bond donors (Lipinski definition) is 2. The number of hydrogen-bond acceptors (Lipinski definition) is 7. The molecule has 10 heteroatoms. The van der Waals surface area contributed by atoms with Crippen LogP contribution in [-0.4, -0.2) is 57.8 Å². The molecule has 0 atom stereocenters. The Kier molecular flexibility index (Phi) is 8.72. The van der Waals surface area contributed by atoms with Gasteiger partial charge < -0.3 is 15.4 Å². The Morgan fingerprint density at radius 1 is 1.03 bits per heavy atom. The van der Waals surface area contributed by atoms with Crippen LogP contribution in [-0.2, 0) is 4.74 Å². The number of ether oxygens (including phenoxy) is 1. The van der Waals surface area contributed by atoms with Gasteiger partial charge >= 0.3 is 0 Å². The maximum Gasteiger partial charge on any atom is 0.254 e. The number of aromatic nitrogens is 5. The number of halogens is 1. The van der Waals surface area contributed by atoms with E-state index in [1.807, 2.05) is 31.2 Å². The Bertz CT molecular complexity index is 1290. The average molecular weight is 484 g/mol. The Labute approximate surface area is 203 Å². The van der Waals surface area contributed by atoms with Gasteiger partial charge in [0.2, 0.25) is 5.65 Å². The Hall–Kier alpha value is -3.30. The highest BCUT2D eigenvalue weighted by molar-refractivity contribution is 6.32. The predicted octanol–water partition coefficient (Wildman–Crippen LogP) is 4.14. The first kappa shape index (κ1) is 25.3. The Balaban J connectivity index is 0.00000103. The minimum Gasteiger partial charge on any atom is -0.388 e. The highest BCUT2D eigenvalue weighted by Gasteiger charge is 2.13. The van der Waals surface area contributed by atoms with Crippen LogP contribution in [0.3, 0.4) is 0 Å². The van der Waals surface area contributed by atoms with Crippen LogP contribution in [0.15, 0.2) is 30.3 Å². The lowest BCUT2D eigenvalue weighted by atomic mass is 10.2. The van der Waals surface area contributed by atoms with E-state index in [1.165, 1.54) is 0 Å². The monoisotopic (exact) mass is 483 g/mol. The molecule has 3 aromatic heterocycles. The molecular weight excluding hydrogens is 454 g/mol. The number of anilines is 1. The topological polar surface area (TPSA) is 106 Å². The summed E-state index contributed by atoms with van der Waals surface area (Å²) >= 11 is 6.05. The van der Waals surface area contributed by atoms with E-state index in [0.717, 1.165) is 41.0 Å². The third kappa shape index (κ3) is 5.98. The quantitative estimate of drug-likeness (QED) is 0.300. The van der Waals surface area contributed by atoms with Gasteiger partial charge in [0.25, 0.3) is 5.91 Å². The summed E-state index contributed by atoms with van der Waals surface area (Å²) in [4.78, 5) is 21.1. The summed E-state index contributed by atoms with van der Waals surface area (Å²) in [7, 11) is 3.25. The molecule has 180 valence electrons. The number of benzene rings is 1. The summed E-state index contributed by atoms with van der Waals surface area (Å²) in [5.41, 5.74) is 4.92. The molecule has 4 aromatic rings. The molecule has 0 aliphatic heterocycles. The molecule has 1 amide bonds. The second-order valence-corrected chi connectivity index (χ2v) is 8.31. The van der Waals surface area contributed by atoms with E-state index < -0.39 is 0 Å². The molecule has 0 aliphatic carbocycles. The number of methoxy groups -OCH3 is 1. The van der Waals surface area contributed by atoms with Gasteiger partial charge in [-0.2, -0.15) is 0 Å². The van der Waals surface area contributed by atoms with Gasteiger partial charge in [-0.1, -0.05) is 17.7 Å². The maximum absolute atomic E-state index is 12.3. The highest BCUT2D eigenvalue weighted by atomic mass is 35.5. The van der Waals surface area contributed by atoms with Crippen LogP contribution in [0.2, 0.25) is 5.15 Å². The SMILES string of the molecule is COC.Cc1ccc2c(c1)nc(NCCCCNC(=O)c1ccc(C)nc1Cl)c1nnc(C)n12. The van der Waals surface area contributed by atoms with Crippen molar-refractivity contribution in [2.45, 2.75) is 33.6 Å². The van der Waals surface area contributed by atoms with Gasteiger partial charge in [-0.15, -0.1) is 10.2 Å². The van der Waals surface area contributed by atoms with Crippen LogP contribution in [0.5, 0.6) is 0 Å². The zero-order chi connectivity index (χ0) is 24.7. The van der Waals surface area contributed by atoms with Crippen molar-refractivity contribution in [1.29, 1.82) is 0 Å². The van der Waals surface area contributed by atoms with Gasteiger partial charge in [0.15, 0.2) is 5.82 Å².